The number of hydrogen-bond donors (Lipinski definition) is 0. The molecule has 126 valence electrons. The van der Waals surface area contributed by atoms with Gasteiger partial charge in [-0.2, -0.15) is 0 Å². The summed E-state index contributed by atoms with van der Waals surface area (Å²) in [5.41, 5.74) is 1.77. The molecule has 1 fully saturated rings. The minimum Gasteiger partial charge on any atom is -0.347 e. The van der Waals surface area contributed by atoms with Crippen molar-refractivity contribution in [2.75, 3.05) is 12.3 Å². The second kappa shape index (κ2) is 7.34. The minimum absolute atomic E-state index is 0.115. The lowest BCUT2D eigenvalue weighted by Gasteiger charge is -2.30. The second-order valence-corrected chi connectivity index (χ2v) is 7.78. The Kier molecular flexibility index (Phi) is 5.68. The van der Waals surface area contributed by atoms with Gasteiger partial charge in [0.25, 0.3) is 5.69 Å². The fourth-order valence-corrected chi connectivity index (χ4v) is 4.14. The number of nitro groups is 1. The van der Waals surface area contributed by atoms with Gasteiger partial charge in [0.2, 0.25) is 0 Å². The van der Waals surface area contributed by atoms with Crippen LogP contribution >= 0.6 is 11.8 Å². The van der Waals surface area contributed by atoms with Gasteiger partial charge in [0.15, 0.2) is 5.17 Å². The molecule has 1 aliphatic rings. The van der Waals surface area contributed by atoms with E-state index >= 15 is 0 Å². The summed E-state index contributed by atoms with van der Waals surface area (Å²) in [5, 5.41) is 11.9. The number of aryl methyl sites for hydroxylation is 1. The van der Waals surface area contributed by atoms with Gasteiger partial charge in [-0.25, -0.2) is 4.99 Å². The average Bonchev–Trinajstić information content (AvgIpc) is 2.83. The summed E-state index contributed by atoms with van der Waals surface area (Å²) in [4.78, 5) is 17.7. The predicted molar refractivity (Wildman–Crippen MR) is 97.6 cm³/mol. The van der Waals surface area contributed by atoms with E-state index in [9.17, 15) is 10.1 Å². The standard InChI is InChI=1S/C17H25N3O2S/c1-11(2)9-19-16(12(3)4)10-23-17(19)18-15-7-6-14(20(21)22)8-13(15)5/h6-8,11-12,16H,9-10H2,1-5H3/b18-17-/t16-/m1/s1. The van der Waals surface area contributed by atoms with Crippen LogP contribution in [0, 0.1) is 28.9 Å². The molecule has 1 saturated heterocycles. The zero-order valence-electron chi connectivity index (χ0n) is 14.4. The van der Waals surface area contributed by atoms with Gasteiger partial charge in [0, 0.05) is 30.5 Å². The van der Waals surface area contributed by atoms with E-state index in [1.54, 1.807) is 23.9 Å². The van der Waals surface area contributed by atoms with Crippen LogP contribution in [0.5, 0.6) is 0 Å². The van der Waals surface area contributed by atoms with Crippen LogP contribution in [-0.4, -0.2) is 33.3 Å². The lowest BCUT2D eigenvalue weighted by molar-refractivity contribution is -0.384. The molecule has 1 heterocycles. The number of rotatable bonds is 5. The number of benzene rings is 1. The molecule has 2 rings (SSSR count). The zero-order valence-corrected chi connectivity index (χ0v) is 15.3. The van der Waals surface area contributed by atoms with E-state index in [1.807, 2.05) is 6.92 Å². The topological polar surface area (TPSA) is 58.7 Å². The van der Waals surface area contributed by atoms with E-state index in [0.717, 1.165) is 28.7 Å². The highest BCUT2D eigenvalue weighted by Gasteiger charge is 2.32. The minimum atomic E-state index is -0.367. The quantitative estimate of drug-likeness (QED) is 0.582. The molecule has 6 heteroatoms. The fraction of sp³-hybridized carbons (Fsp3) is 0.588. The smallest absolute Gasteiger partial charge is 0.269 e. The predicted octanol–water partition coefficient (Wildman–Crippen LogP) is 4.62. The average molecular weight is 335 g/mol. The summed E-state index contributed by atoms with van der Waals surface area (Å²) >= 11 is 1.78. The van der Waals surface area contributed by atoms with Crippen molar-refractivity contribution in [3.8, 4) is 0 Å². The van der Waals surface area contributed by atoms with Crippen LogP contribution in [0.2, 0.25) is 0 Å². The fourth-order valence-electron chi connectivity index (χ4n) is 2.71. The third-order valence-corrected chi connectivity index (χ3v) is 5.06. The molecule has 0 aromatic heterocycles. The Hall–Kier alpha value is -1.56. The summed E-state index contributed by atoms with van der Waals surface area (Å²) < 4.78 is 0. The zero-order chi connectivity index (χ0) is 17.1. The highest BCUT2D eigenvalue weighted by molar-refractivity contribution is 8.14. The summed E-state index contributed by atoms with van der Waals surface area (Å²) in [5.74, 6) is 2.19. The molecule has 1 aromatic rings. The molecule has 0 unspecified atom stereocenters. The maximum atomic E-state index is 10.9. The molecular formula is C17H25N3O2S. The first kappa shape index (κ1) is 17.8. The number of nitro benzene ring substituents is 1. The largest absolute Gasteiger partial charge is 0.347 e. The number of non-ortho nitro benzene ring substituents is 1. The van der Waals surface area contributed by atoms with Gasteiger partial charge in [0.05, 0.1) is 10.6 Å². The van der Waals surface area contributed by atoms with Gasteiger partial charge < -0.3 is 4.90 Å². The SMILES string of the molecule is Cc1cc([N+](=O)[O-])ccc1/N=C1\SC[C@H](C(C)C)N1CC(C)C. The van der Waals surface area contributed by atoms with Crippen molar-refractivity contribution >= 4 is 28.3 Å². The first-order valence-electron chi connectivity index (χ1n) is 8.02. The molecule has 0 bridgehead atoms. The number of thioether (sulfide) groups is 1. The van der Waals surface area contributed by atoms with Crippen molar-refractivity contribution in [1.29, 1.82) is 0 Å². The van der Waals surface area contributed by atoms with Crippen molar-refractivity contribution in [1.82, 2.24) is 4.90 Å². The third kappa shape index (κ3) is 4.25. The van der Waals surface area contributed by atoms with Gasteiger partial charge in [-0.3, -0.25) is 10.1 Å². The number of hydrogen-bond acceptors (Lipinski definition) is 4. The highest BCUT2D eigenvalue weighted by atomic mass is 32.2. The first-order chi connectivity index (χ1) is 10.8. The molecule has 1 atom stereocenters. The summed E-state index contributed by atoms with van der Waals surface area (Å²) in [6.45, 7) is 11.8. The van der Waals surface area contributed by atoms with E-state index in [0.29, 0.717) is 17.9 Å². The summed E-state index contributed by atoms with van der Waals surface area (Å²) in [6.07, 6.45) is 0. The van der Waals surface area contributed by atoms with Crippen LogP contribution in [0.4, 0.5) is 11.4 Å². The Morgan fingerprint density at radius 3 is 2.61 bits per heavy atom. The van der Waals surface area contributed by atoms with Crippen LogP contribution in [-0.2, 0) is 0 Å². The van der Waals surface area contributed by atoms with Crippen LogP contribution in [0.25, 0.3) is 0 Å². The molecule has 0 saturated carbocycles. The maximum absolute atomic E-state index is 10.9. The third-order valence-electron chi connectivity index (χ3n) is 3.97. The van der Waals surface area contributed by atoms with Crippen LogP contribution in [0.3, 0.4) is 0 Å². The number of aliphatic imine (C=N–C) groups is 1. The van der Waals surface area contributed by atoms with Gasteiger partial charge >= 0.3 is 0 Å². The van der Waals surface area contributed by atoms with E-state index in [1.165, 1.54) is 6.07 Å². The Morgan fingerprint density at radius 2 is 2.09 bits per heavy atom. The van der Waals surface area contributed by atoms with Crippen molar-refractivity contribution in [2.24, 2.45) is 16.8 Å². The molecule has 0 spiro atoms. The van der Waals surface area contributed by atoms with Crippen molar-refractivity contribution in [3.05, 3.63) is 33.9 Å². The Morgan fingerprint density at radius 1 is 1.39 bits per heavy atom. The lowest BCUT2D eigenvalue weighted by Crippen LogP contribution is -2.39. The molecule has 0 N–H and O–H groups in total. The second-order valence-electron chi connectivity index (χ2n) is 6.79. The van der Waals surface area contributed by atoms with E-state index < -0.39 is 0 Å². The van der Waals surface area contributed by atoms with Crippen LogP contribution in [0.15, 0.2) is 23.2 Å². The molecule has 0 aliphatic carbocycles. The molecule has 1 aromatic carbocycles. The van der Waals surface area contributed by atoms with Crippen LogP contribution < -0.4 is 0 Å². The monoisotopic (exact) mass is 335 g/mol. The normalized spacial score (nSPS) is 20.0. The summed E-state index contributed by atoms with van der Waals surface area (Å²) in [7, 11) is 0. The Balaban J connectivity index is 2.31. The van der Waals surface area contributed by atoms with Crippen molar-refractivity contribution in [3.63, 3.8) is 0 Å². The molecule has 1 aliphatic heterocycles. The van der Waals surface area contributed by atoms with Gasteiger partial charge in [-0.1, -0.05) is 39.5 Å². The highest BCUT2D eigenvalue weighted by Crippen LogP contribution is 2.33. The number of nitrogens with zero attached hydrogens (tertiary/aromatic N) is 3. The van der Waals surface area contributed by atoms with E-state index in [4.69, 9.17) is 4.99 Å². The van der Waals surface area contributed by atoms with Crippen molar-refractivity contribution in [2.45, 2.75) is 40.7 Å². The Bertz CT molecular complexity index is 614. The van der Waals surface area contributed by atoms with Gasteiger partial charge in [0.1, 0.15) is 0 Å². The summed E-state index contributed by atoms with van der Waals surface area (Å²) in [6, 6.07) is 5.36. The van der Waals surface area contributed by atoms with Crippen molar-refractivity contribution < 1.29 is 4.92 Å². The van der Waals surface area contributed by atoms with E-state index in [2.05, 4.69) is 32.6 Å². The maximum Gasteiger partial charge on any atom is 0.269 e. The molecule has 5 nitrogen and oxygen atoms in total. The first-order valence-corrected chi connectivity index (χ1v) is 9.01. The Labute approximate surface area is 142 Å². The van der Waals surface area contributed by atoms with Gasteiger partial charge in [-0.15, -0.1) is 0 Å². The van der Waals surface area contributed by atoms with Gasteiger partial charge in [-0.05, 0) is 30.4 Å². The van der Waals surface area contributed by atoms with Crippen LogP contribution in [0.1, 0.15) is 33.3 Å². The lowest BCUT2D eigenvalue weighted by atomic mass is 10.0. The molecule has 0 radical (unpaired) electrons. The number of amidine groups is 1. The van der Waals surface area contributed by atoms with E-state index in [-0.39, 0.29) is 10.6 Å². The molecule has 0 amide bonds. The molecular weight excluding hydrogens is 310 g/mol. The molecule has 23 heavy (non-hydrogen) atoms.